The Bertz CT molecular complexity index is 737. The smallest absolute Gasteiger partial charge is 0.387 e. The van der Waals surface area contributed by atoms with E-state index in [9.17, 15) is 13.6 Å². The molecule has 23 heavy (non-hydrogen) atoms. The lowest BCUT2D eigenvalue weighted by atomic mass is 10.2. The van der Waals surface area contributed by atoms with Gasteiger partial charge in [0.15, 0.2) is 11.5 Å². The standard InChI is InChI=1S/C15H10ClF2NO4/c16-11-5-8(6-12-13(11)22-7-21-12)14(20)19-9-1-3-10(4-2-9)23-15(17)18/h1-6,15H,7H2,(H,19,20). The molecule has 0 fully saturated rings. The first-order chi connectivity index (χ1) is 11.0. The molecule has 0 unspecified atom stereocenters. The topological polar surface area (TPSA) is 56.8 Å². The molecule has 2 aromatic carbocycles. The van der Waals surface area contributed by atoms with Gasteiger partial charge in [-0.3, -0.25) is 4.79 Å². The van der Waals surface area contributed by atoms with Gasteiger partial charge in [-0.2, -0.15) is 8.78 Å². The zero-order chi connectivity index (χ0) is 16.4. The van der Waals surface area contributed by atoms with Crippen LogP contribution in [-0.4, -0.2) is 19.3 Å². The highest BCUT2D eigenvalue weighted by Gasteiger charge is 2.20. The average molecular weight is 342 g/mol. The van der Waals surface area contributed by atoms with E-state index in [4.69, 9.17) is 21.1 Å². The van der Waals surface area contributed by atoms with Crippen LogP contribution >= 0.6 is 11.6 Å². The quantitative estimate of drug-likeness (QED) is 0.915. The normalized spacial score (nSPS) is 12.3. The van der Waals surface area contributed by atoms with Crippen LogP contribution < -0.4 is 19.5 Å². The third kappa shape index (κ3) is 3.45. The molecule has 1 heterocycles. The zero-order valence-corrected chi connectivity index (χ0v) is 12.3. The van der Waals surface area contributed by atoms with E-state index < -0.39 is 12.5 Å². The Morgan fingerprint density at radius 2 is 1.96 bits per heavy atom. The summed E-state index contributed by atoms with van der Waals surface area (Å²) in [6, 6.07) is 8.52. The molecule has 0 saturated carbocycles. The summed E-state index contributed by atoms with van der Waals surface area (Å²) in [5, 5.41) is 2.89. The highest BCUT2D eigenvalue weighted by molar-refractivity contribution is 6.32. The number of halogens is 3. The first-order valence-corrected chi connectivity index (χ1v) is 6.86. The number of nitrogens with one attached hydrogen (secondary N) is 1. The molecular weight excluding hydrogens is 332 g/mol. The van der Waals surface area contributed by atoms with Crippen molar-refractivity contribution in [3.63, 3.8) is 0 Å². The zero-order valence-electron chi connectivity index (χ0n) is 11.5. The van der Waals surface area contributed by atoms with Gasteiger partial charge in [0, 0.05) is 11.3 Å². The summed E-state index contributed by atoms with van der Waals surface area (Å²) >= 11 is 6.02. The summed E-state index contributed by atoms with van der Waals surface area (Å²) in [5.74, 6) is 0.372. The Labute approximate surface area is 134 Å². The van der Waals surface area contributed by atoms with Crippen molar-refractivity contribution < 1.29 is 27.8 Å². The lowest BCUT2D eigenvalue weighted by Gasteiger charge is -2.08. The predicted molar refractivity (Wildman–Crippen MR) is 78.6 cm³/mol. The van der Waals surface area contributed by atoms with Gasteiger partial charge < -0.3 is 19.5 Å². The number of ether oxygens (including phenoxy) is 3. The van der Waals surface area contributed by atoms with Gasteiger partial charge in [0.2, 0.25) is 6.79 Å². The lowest BCUT2D eigenvalue weighted by Crippen LogP contribution is -2.12. The third-order valence-corrected chi connectivity index (χ3v) is 3.31. The number of benzene rings is 2. The van der Waals surface area contributed by atoms with E-state index in [1.807, 2.05) is 0 Å². The highest BCUT2D eigenvalue weighted by Crippen LogP contribution is 2.39. The van der Waals surface area contributed by atoms with Crippen molar-refractivity contribution in [2.45, 2.75) is 6.61 Å². The van der Waals surface area contributed by atoms with Crippen LogP contribution in [0.2, 0.25) is 5.02 Å². The van der Waals surface area contributed by atoms with E-state index in [1.54, 1.807) is 0 Å². The molecule has 3 rings (SSSR count). The Morgan fingerprint density at radius 1 is 1.22 bits per heavy atom. The van der Waals surface area contributed by atoms with Gasteiger partial charge in [0.1, 0.15) is 5.75 Å². The van der Waals surface area contributed by atoms with Gasteiger partial charge in [-0.1, -0.05) is 11.6 Å². The van der Waals surface area contributed by atoms with Crippen LogP contribution in [0.5, 0.6) is 17.2 Å². The molecule has 8 heteroatoms. The van der Waals surface area contributed by atoms with E-state index in [2.05, 4.69) is 10.1 Å². The molecule has 0 bridgehead atoms. The monoisotopic (exact) mass is 341 g/mol. The summed E-state index contributed by atoms with van der Waals surface area (Å²) in [6.45, 7) is -2.85. The first kappa shape index (κ1) is 15.4. The number of amides is 1. The molecule has 0 atom stereocenters. The van der Waals surface area contributed by atoms with Crippen molar-refractivity contribution in [1.29, 1.82) is 0 Å². The maximum atomic E-state index is 12.2. The third-order valence-electron chi connectivity index (χ3n) is 3.03. The van der Waals surface area contributed by atoms with Crippen molar-refractivity contribution >= 4 is 23.2 Å². The van der Waals surface area contributed by atoms with Gasteiger partial charge in [0.25, 0.3) is 5.91 Å². The Morgan fingerprint density at radius 3 is 2.65 bits per heavy atom. The minimum atomic E-state index is -2.90. The number of carbonyl (C=O) groups is 1. The molecule has 2 aromatic rings. The van der Waals surface area contributed by atoms with E-state index in [1.165, 1.54) is 36.4 Å². The van der Waals surface area contributed by atoms with Crippen LogP contribution in [0, 0.1) is 0 Å². The number of hydrogen-bond acceptors (Lipinski definition) is 4. The van der Waals surface area contributed by atoms with Crippen molar-refractivity contribution in [2.75, 3.05) is 12.1 Å². The molecule has 120 valence electrons. The van der Waals surface area contributed by atoms with Crippen molar-refractivity contribution in [3.05, 3.63) is 47.0 Å². The molecule has 0 aliphatic carbocycles. The molecule has 1 aliphatic rings. The van der Waals surface area contributed by atoms with Crippen LogP contribution in [0.15, 0.2) is 36.4 Å². The number of hydrogen-bond donors (Lipinski definition) is 1. The van der Waals surface area contributed by atoms with Crippen LogP contribution in [0.25, 0.3) is 0 Å². The molecule has 1 amide bonds. The molecule has 1 N–H and O–H groups in total. The van der Waals surface area contributed by atoms with Gasteiger partial charge in [-0.25, -0.2) is 0 Å². The molecule has 0 spiro atoms. The van der Waals surface area contributed by atoms with E-state index in [0.717, 1.165) is 0 Å². The Kier molecular flexibility index (Phi) is 4.20. The van der Waals surface area contributed by atoms with Crippen LogP contribution in [0.4, 0.5) is 14.5 Å². The maximum absolute atomic E-state index is 12.2. The first-order valence-electron chi connectivity index (χ1n) is 6.48. The van der Waals surface area contributed by atoms with Crippen molar-refractivity contribution in [3.8, 4) is 17.2 Å². The minimum Gasteiger partial charge on any atom is -0.454 e. The highest BCUT2D eigenvalue weighted by atomic mass is 35.5. The summed E-state index contributed by atoms with van der Waals surface area (Å²) in [6.07, 6.45) is 0. The largest absolute Gasteiger partial charge is 0.454 e. The van der Waals surface area contributed by atoms with Crippen LogP contribution in [0.1, 0.15) is 10.4 Å². The maximum Gasteiger partial charge on any atom is 0.387 e. The number of rotatable bonds is 4. The molecule has 1 aliphatic heterocycles. The summed E-state index contributed by atoms with van der Waals surface area (Å²) in [5.41, 5.74) is 0.706. The summed E-state index contributed by atoms with van der Waals surface area (Å²) in [4.78, 5) is 12.2. The number of carbonyl (C=O) groups excluding carboxylic acids is 1. The summed E-state index contributed by atoms with van der Waals surface area (Å²) in [7, 11) is 0. The molecule has 5 nitrogen and oxygen atoms in total. The van der Waals surface area contributed by atoms with E-state index in [-0.39, 0.29) is 23.1 Å². The average Bonchev–Trinajstić information content (AvgIpc) is 2.97. The summed E-state index contributed by atoms with van der Waals surface area (Å²) < 4.78 is 38.7. The van der Waals surface area contributed by atoms with Gasteiger partial charge >= 0.3 is 6.61 Å². The molecular formula is C15H10ClF2NO4. The van der Waals surface area contributed by atoms with E-state index in [0.29, 0.717) is 17.2 Å². The van der Waals surface area contributed by atoms with Crippen LogP contribution in [0.3, 0.4) is 0 Å². The fourth-order valence-corrected chi connectivity index (χ4v) is 2.29. The number of fused-ring (bicyclic) bond motifs is 1. The van der Waals surface area contributed by atoms with Crippen LogP contribution in [-0.2, 0) is 0 Å². The fourth-order valence-electron chi connectivity index (χ4n) is 2.02. The second-order valence-corrected chi connectivity index (χ2v) is 4.96. The SMILES string of the molecule is O=C(Nc1ccc(OC(F)F)cc1)c1cc(Cl)c2c(c1)OCO2. The van der Waals surface area contributed by atoms with Gasteiger partial charge in [0.05, 0.1) is 5.02 Å². The van der Waals surface area contributed by atoms with Gasteiger partial charge in [-0.15, -0.1) is 0 Å². The molecule has 0 radical (unpaired) electrons. The number of anilines is 1. The predicted octanol–water partition coefficient (Wildman–Crippen LogP) is 3.92. The number of alkyl halides is 2. The van der Waals surface area contributed by atoms with Crippen molar-refractivity contribution in [1.82, 2.24) is 0 Å². The molecule has 0 saturated heterocycles. The lowest BCUT2D eigenvalue weighted by molar-refractivity contribution is -0.0498. The minimum absolute atomic E-state index is 0.00382. The van der Waals surface area contributed by atoms with E-state index >= 15 is 0 Å². The Balaban J connectivity index is 1.73. The molecule has 0 aromatic heterocycles. The van der Waals surface area contributed by atoms with Crippen molar-refractivity contribution in [2.24, 2.45) is 0 Å². The second-order valence-electron chi connectivity index (χ2n) is 4.55. The Hall–Kier alpha value is -2.54. The van der Waals surface area contributed by atoms with Gasteiger partial charge in [-0.05, 0) is 36.4 Å². The second kappa shape index (κ2) is 6.29. The fraction of sp³-hybridized carbons (Fsp3) is 0.133.